The number of rotatable bonds is 5. The van der Waals surface area contributed by atoms with Gasteiger partial charge < -0.3 is 19.3 Å². The Morgan fingerprint density at radius 1 is 1.06 bits per heavy atom. The van der Waals surface area contributed by atoms with E-state index in [9.17, 15) is 4.79 Å². The van der Waals surface area contributed by atoms with Gasteiger partial charge in [-0.05, 0) is 94.0 Å². The minimum Gasteiger partial charge on any atom is -0.457 e. The van der Waals surface area contributed by atoms with Crippen LogP contribution in [0.3, 0.4) is 0 Å². The summed E-state index contributed by atoms with van der Waals surface area (Å²) in [4.78, 5) is 12.4. The molecule has 6 nitrogen and oxygen atoms in total. The molecule has 0 saturated carbocycles. The van der Waals surface area contributed by atoms with Crippen LogP contribution >= 0.6 is 0 Å². The first-order valence-electron chi connectivity index (χ1n) is 10.6. The molecule has 1 aromatic heterocycles. The third-order valence-corrected chi connectivity index (χ3v) is 5.54. The maximum absolute atomic E-state index is 12.4. The van der Waals surface area contributed by atoms with Gasteiger partial charge in [0, 0.05) is 17.9 Å². The summed E-state index contributed by atoms with van der Waals surface area (Å²) in [6.45, 7) is 10.5. The molecule has 0 spiro atoms. The molecule has 0 bridgehead atoms. The van der Waals surface area contributed by atoms with Gasteiger partial charge >= 0.3 is 0 Å². The Labute approximate surface area is 182 Å². The van der Waals surface area contributed by atoms with Crippen LogP contribution < -0.4 is 10.1 Å². The van der Waals surface area contributed by atoms with Crippen LogP contribution in [-0.4, -0.2) is 23.8 Å². The van der Waals surface area contributed by atoms with E-state index < -0.39 is 0 Å². The molecule has 0 radical (unpaired) electrons. The van der Waals surface area contributed by atoms with Crippen LogP contribution in [0.5, 0.6) is 11.5 Å². The monoisotopic (exact) mass is 420 g/mol. The highest BCUT2D eigenvalue weighted by atomic mass is 16.5. The minimum absolute atomic E-state index is 0.0900. The quantitative estimate of drug-likeness (QED) is 0.565. The summed E-state index contributed by atoms with van der Waals surface area (Å²) in [5, 5.41) is 7.04. The Kier molecular flexibility index (Phi) is 5.83. The Balaban J connectivity index is 1.59. The highest BCUT2D eigenvalue weighted by Gasteiger charge is 2.24. The predicted octanol–water partition coefficient (Wildman–Crippen LogP) is 5.79. The zero-order valence-electron chi connectivity index (χ0n) is 18.7. The molecule has 1 N–H and O–H groups in total. The zero-order chi connectivity index (χ0) is 22.1. The van der Waals surface area contributed by atoms with Crippen molar-refractivity contribution in [3.8, 4) is 22.6 Å². The van der Waals surface area contributed by atoms with Crippen LogP contribution in [0.1, 0.15) is 41.0 Å². The van der Waals surface area contributed by atoms with Gasteiger partial charge in [-0.25, -0.2) is 0 Å². The number of nitrogens with zero attached hydrogens (tertiary/aromatic N) is 1. The number of carbonyl (C=O) groups excluding carboxylic acids is 1. The lowest BCUT2D eigenvalue weighted by atomic mass is 10.0. The second-order valence-corrected chi connectivity index (χ2v) is 8.27. The molecule has 1 atom stereocenters. The third-order valence-electron chi connectivity index (χ3n) is 5.54. The van der Waals surface area contributed by atoms with E-state index in [0.29, 0.717) is 6.61 Å². The lowest BCUT2D eigenvalue weighted by Gasteiger charge is -2.16. The number of nitrogens with one attached hydrogen (secondary N) is 1. The van der Waals surface area contributed by atoms with Gasteiger partial charge in [0.05, 0.1) is 5.69 Å². The number of aromatic nitrogens is 1. The number of amides is 1. The van der Waals surface area contributed by atoms with Gasteiger partial charge in [-0.1, -0.05) is 11.2 Å². The average molecular weight is 421 g/mol. The summed E-state index contributed by atoms with van der Waals surface area (Å²) in [7, 11) is 0. The summed E-state index contributed by atoms with van der Waals surface area (Å²) in [5.74, 6) is 2.23. The predicted molar refractivity (Wildman–Crippen MR) is 120 cm³/mol. The van der Waals surface area contributed by atoms with Crippen molar-refractivity contribution in [3.05, 3.63) is 58.5 Å². The molecule has 2 aromatic carbocycles. The molecule has 4 rings (SSSR count). The van der Waals surface area contributed by atoms with Gasteiger partial charge in [-0.15, -0.1) is 0 Å². The van der Waals surface area contributed by atoms with E-state index >= 15 is 0 Å². The van der Waals surface area contributed by atoms with Crippen molar-refractivity contribution in [1.82, 2.24) is 5.16 Å². The van der Waals surface area contributed by atoms with Crippen molar-refractivity contribution in [3.63, 3.8) is 0 Å². The summed E-state index contributed by atoms with van der Waals surface area (Å²) in [6, 6.07) is 9.97. The van der Waals surface area contributed by atoms with E-state index in [4.69, 9.17) is 14.0 Å². The van der Waals surface area contributed by atoms with Crippen molar-refractivity contribution in [2.75, 3.05) is 11.9 Å². The number of hydrogen-bond donors (Lipinski definition) is 1. The van der Waals surface area contributed by atoms with Crippen LogP contribution in [0.15, 0.2) is 34.9 Å². The van der Waals surface area contributed by atoms with Gasteiger partial charge in [0.1, 0.15) is 23.4 Å². The van der Waals surface area contributed by atoms with Gasteiger partial charge in [0.15, 0.2) is 0 Å². The van der Waals surface area contributed by atoms with Crippen LogP contribution in [-0.2, 0) is 9.53 Å². The fourth-order valence-electron chi connectivity index (χ4n) is 4.15. The van der Waals surface area contributed by atoms with E-state index in [1.165, 1.54) is 0 Å². The maximum atomic E-state index is 12.4. The Bertz CT molecular complexity index is 1080. The Morgan fingerprint density at radius 3 is 2.42 bits per heavy atom. The molecule has 2 heterocycles. The number of anilines is 1. The number of carbonyl (C=O) groups is 1. The molecular formula is C25H28N2O4. The first kappa shape index (κ1) is 21.1. The van der Waals surface area contributed by atoms with Crippen molar-refractivity contribution in [2.45, 2.75) is 53.6 Å². The average Bonchev–Trinajstić information content (AvgIpc) is 3.34. The number of hydrogen-bond acceptors (Lipinski definition) is 5. The molecule has 162 valence electrons. The van der Waals surface area contributed by atoms with E-state index in [1.54, 1.807) is 0 Å². The number of aryl methyl sites for hydroxylation is 5. The SMILES string of the molecule is Cc1cc(Oc2c(C)cc(NC(=O)[C@@H]3CCCO3)cc2C)cc(-c2c(C)noc2C)c1. The number of benzene rings is 2. The molecule has 3 aromatic rings. The van der Waals surface area contributed by atoms with Crippen LogP contribution in [0.25, 0.3) is 11.1 Å². The smallest absolute Gasteiger partial charge is 0.253 e. The normalized spacial score (nSPS) is 15.8. The first-order valence-corrected chi connectivity index (χ1v) is 10.6. The maximum Gasteiger partial charge on any atom is 0.253 e. The summed E-state index contributed by atoms with van der Waals surface area (Å²) < 4.78 is 17.1. The van der Waals surface area contributed by atoms with Crippen molar-refractivity contribution in [2.24, 2.45) is 0 Å². The molecule has 1 saturated heterocycles. The van der Waals surface area contributed by atoms with Gasteiger partial charge in [0.2, 0.25) is 0 Å². The van der Waals surface area contributed by atoms with E-state index in [-0.39, 0.29) is 12.0 Å². The fourth-order valence-corrected chi connectivity index (χ4v) is 4.15. The van der Waals surface area contributed by atoms with E-state index in [0.717, 1.165) is 69.3 Å². The number of ether oxygens (including phenoxy) is 2. The Hall–Kier alpha value is -3.12. The highest BCUT2D eigenvalue weighted by Crippen LogP contribution is 2.36. The largest absolute Gasteiger partial charge is 0.457 e. The van der Waals surface area contributed by atoms with Gasteiger partial charge in [-0.3, -0.25) is 4.79 Å². The van der Waals surface area contributed by atoms with Gasteiger partial charge in [-0.2, -0.15) is 0 Å². The van der Waals surface area contributed by atoms with Gasteiger partial charge in [0.25, 0.3) is 5.91 Å². The van der Waals surface area contributed by atoms with Crippen molar-refractivity contribution < 1.29 is 18.8 Å². The first-order chi connectivity index (χ1) is 14.8. The van der Waals surface area contributed by atoms with Crippen molar-refractivity contribution >= 4 is 11.6 Å². The highest BCUT2D eigenvalue weighted by molar-refractivity contribution is 5.94. The standard InChI is InChI=1S/C25H28N2O4/c1-14-9-19(23-17(4)27-31-18(23)5)13-21(10-14)30-24-15(2)11-20(12-16(24)3)26-25(28)22-7-6-8-29-22/h9-13,22H,6-8H2,1-5H3,(H,26,28)/t22-/m0/s1. The lowest BCUT2D eigenvalue weighted by Crippen LogP contribution is -2.26. The third kappa shape index (κ3) is 4.49. The molecule has 1 fully saturated rings. The molecule has 1 amide bonds. The van der Waals surface area contributed by atoms with Crippen LogP contribution in [0.2, 0.25) is 0 Å². The van der Waals surface area contributed by atoms with E-state index in [2.05, 4.69) is 16.5 Å². The topological polar surface area (TPSA) is 73.6 Å². The molecular weight excluding hydrogens is 392 g/mol. The molecule has 1 aliphatic heterocycles. The fraction of sp³-hybridized carbons (Fsp3) is 0.360. The summed E-state index contributed by atoms with van der Waals surface area (Å²) in [5.41, 5.74) is 6.60. The summed E-state index contributed by atoms with van der Waals surface area (Å²) >= 11 is 0. The zero-order valence-corrected chi connectivity index (χ0v) is 18.7. The van der Waals surface area contributed by atoms with Crippen molar-refractivity contribution in [1.29, 1.82) is 0 Å². The Morgan fingerprint density at radius 2 is 1.81 bits per heavy atom. The minimum atomic E-state index is -0.355. The van der Waals surface area contributed by atoms with E-state index in [1.807, 2.05) is 58.9 Å². The summed E-state index contributed by atoms with van der Waals surface area (Å²) in [6.07, 6.45) is 1.34. The lowest BCUT2D eigenvalue weighted by molar-refractivity contribution is -0.124. The molecule has 6 heteroatoms. The van der Waals surface area contributed by atoms with Crippen LogP contribution in [0.4, 0.5) is 5.69 Å². The molecule has 1 aliphatic rings. The van der Waals surface area contributed by atoms with Crippen LogP contribution in [0, 0.1) is 34.6 Å². The second kappa shape index (κ2) is 8.55. The molecule has 0 aliphatic carbocycles. The second-order valence-electron chi connectivity index (χ2n) is 8.27. The molecule has 0 unspecified atom stereocenters. The molecule has 31 heavy (non-hydrogen) atoms.